The first-order chi connectivity index (χ1) is 6.49. The number of ketones is 2. The number of hydrogen-bond acceptors (Lipinski definition) is 3. The highest BCUT2D eigenvalue weighted by molar-refractivity contribution is 6.20. The molecular formula is C10H15NO3. The molecule has 0 aromatic rings. The second kappa shape index (κ2) is 3.90. The minimum Gasteiger partial charge on any atom is -0.369 e. The van der Waals surface area contributed by atoms with Gasteiger partial charge in [0.15, 0.2) is 17.5 Å². The summed E-state index contributed by atoms with van der Waals surface area (Å²) < 4.78 is 0. The zero-order valence-electron chi connectivity index (χ0n) is 8.45. The van der Waals surface area contributed by atoms with Gasteiger partial charge in [-0.2, -0.15) is 0 Å². The zero-order valence-corrected chi connectivity index (χ0v) is 8.45. The van der Waals surface area contributed by atoms with E-state index in [0.29, 0.717) is 6.42 Å². The number of primary amides is 1. The van der Waals surface area contributed by atoms with Gasteiger partial charge in [0, 0.05) is 12.3 Å². The lowest BCUT2D eigenvalue weighted by Crippen LogP contribution is -2.46. The Morgan fingerprint density at radius 1 is 1.50 bits per heavy atom. The molecule has 4 nitrogen and oxygen atoms in total. The Morgan fingerprint density at radius 2 is 2.07 bits per heavy atom. The third-order valence-electron chi connectivity index (χ3n) is 2.91. The fourth-order valence-corrected chi connectivity index (χ4v) is 2.13. The molecule has 0 aliphatic heterocycles. The van der Waals surface area contributed by atoms with Crippen molar-refractivity contribution in [2.45, 2.75) is 26.7 Å². The van der Waals surface area contributed by atoms with E-state index in [1.807, 2.05) is 13.8 Å². The molecule has 3 unspecified atom stereocenters. The van der Waals surface area contributed by atoms with Crippen LogP contribution in [0.25, 0.3) is 0 Å². The van der Waals surface area contributed by atoms with Gasteiger partial charge in [-0.3, -0.25) is 14.4 Å². The highest BCUT2D eigenvalue weighted by atomic mass is 16.2. The summed E-state index contributed by atoms with van der Waals surface area (Å²) >= 11 is 0. The molecule has 1 saturated carbocycles. The molecule has 3 atom stereocenters. The quantitative estimate of drug-likeness (QED) is 0.646. The van der Waals surface area contributed by atoms with Crippen LogP contribution in [0.2, 0.25) is 0 Å². The van der Waals surface area contributed by atoms with Gasteiger partial charge in [0.2, 0.25) is 5.91 Å². The number of Topliss-reactive ketones (excluding diaryl/α,β-unsaturated/α-hetero) is 2. The molecule has 0 aromatic heterocycles. The molecule has 0 heterocycles. The van der Waals surface area contributed by atoms with Crippen molar-refractivity contribution < 1.29 is 14.4 Å². The van der Waals surface area contributed by atoms with Gasteiger partial charge in [-0.15, -0.1) is 0 Å². The molecule has 0 aromatic carbocycles. The van der Waals surface area contributed by atoms with Crippen LogP contribution in [0.3, 0.4) is 0 Å². The van der Waals surface area contributed by atoms with E-state index in [9.17, 15) is 14.4 Å². The average Bonchev–Trinajstić information content (AvgIpc) is 2.02. The van der Waals surface area contributed by atoms with Crippen LogP contribution in [-0.2, 0) is 14.4 Å². The van der Waals surface area contributed by atoms with Gasteiger partial charge in [0.05, 0.1) is 0 Å². The van der Waals surface area contributed by atoms with E-state index in [-0.39, 0.29) is 29.8 Å². The van der Waals surface area contributed by atoms with Crippen LogP contribution in [0, 0.1) is 17.8 Å². The Kier molecular flexibility index (Phi) is 3.03. The maximum absolute atomic E-state index is 11.7. The molecule has 78 valence electrons. The SMILES string of the molecule is CCC1C(=O)C(C(N)=O)C(=O)CC1C. The van der Waals surface area contributed by atoms with Gasteiger partial charge in [0.1, 0.15) is 0 Å². The fourth-order valence-electron chi connectivity index (χ4n) is 2.13. The zero-order chi connectivity index (χ0) is 10.9. The van der Waals surface area contributed by atoms with Crippen LogP contribution in [0.4, 0.5) is 0 Å². The summed E-state index contributed by atoms with van der Waals surface area (Å²) in [6.45, 7) is 3.74. The summed E-state index contributed by atoms with van der Waals surface area (Å²) in [5.74, 6) is -2.74. The van der Waals surface area contributed by atoms with Gasteiger partial charge in [0.25, 0.3) is 0 Å². The van der Waals surface area contributed by atoms with Crippen molar-refractivity contribution in [1.82, 2.24) is 0 Å². The van der Waals surface area contributed by atoms with E-state index in [4.69, 9.17) is 5.73 Å². The number of carbonyl (C=O) groups excluding carboxylic acids is 3. The minimum atomic E-state index is -1.18. The maximum atomic E-state index is 11.7. The van der Waals surface area contributed by atoms with Crippen LogP contribution in [-0.4, -0.2) is 17.5 Å². The van der Waals surface area contributed by atoms with E-state index in [1.54, 1.807) is 0 Å². The predicted octanol–water partition coefficient (Wildman–Crippen LogP) is 0.292. The maximum Gasteiger partial charge on any atom is 0.235 e. The van der Waals surface area contributed by atoms with Crippen molar-refractivity contribution in [2.24, 2.45) is 23.5 Å². The predicted molar refractivity (Wildman–Crippen MR) is 50.3 cm³/mol. The standard InChI is InChI=1S/C10H15NO3/c1-3-6-5(2)4-7(12)8(9(6)13)10(11)14/h5-6,8H,3-4H2,1-2H3,(H2,11,14). The van der Waals surface area contributed by atoms with Gasteiger partial charge in [-0.25, -0.2) is 0 Å². The van der Waals surface area contributed by atoms with Crippen molar-refractivity contribution >= 4 is 17.5 Å². The summed E-state index contributed by atoms with van der Waals surface area (Å²) in [5.41, 5.74) is 5.03. The number of hydrogen-bond donors (Lipinski definition) is 1. The summed E-state index contributed by atoms with van der Waals surface area (Å²) in [5, 5.41) is 0. The van der Waals surface area contributed by atoms with E-state index in [0.717, 1.165) is 0 Å². The van der Waals surface area contributed by atoms with E-state index < -0.39 is 11.8 Å². The average molecular weight is 197 g/mol. The Bertz CT molecular complexity index is 285. The largest absolute Gasteiger partial charge is 0.369 e. The Labute approximate surface area is 82.8 Å². The third kappa shape index (κ3) is 1.69. The molecule has 0 radical (unpaired) electrons. The molecule has 1 rings (SSSR count). The van der Waals surface area contributed by atoms with Crippen LogP contribution in [0.5, 0.6) is 0 Å². The Balaban J connectivity index is 2.94. The first-order valence-corrected chi connectivity index (χ1v) is 4.84. The highest BCUT2D eigenvalue weighted by Gasteiger charge is 2.43. The topological polar surface area (TPSA) is 77.2 Å². The summed E-state index contributed by atoms with van der Waals surface area (Å²) in [6.07, 6.45) is 0.953. The lowest BCUT2D eigenvalue weighted by molar-refractivity contribution is -0.146. The van der Waals surface area contributed by atoms with Gasteiger partial charge < -0.3 is 5.73 Å². The smallest absolute Gasteiger partial charge is 0.235 e. The first-order valence-electron chi connectivity index (χ1n) is 4.84. The lowest BCUT2D eigenvalue weighted by Gasteiger charge is -2.29. The molecule has 1 aliphatic carbocycles. The van der Waals surface area contributed by atoms with Gasteiger partial charge >= 0.3 is 0 Å². The molecule has 1 fully saturated rings. The van der Waals surface area contributed by atoms with Crippen molar-refractivity contribution in [3.8, 4) is 0 Å². The van der Waals surface area contributed by atoms with E-state index >= 15 is 0 Å². The van der Waals surface area contributed by atoms with Crippen molar-refractivity contribution in [2.75, 3.05) is 0 Å². The molecule has 2 N–H and O–H groups in total. The molecule has 4 heteroatoms. The summed E-state index contributed by atoms with van der Waals surface area (Å²) in [7, 11) is 0. The third-order valence-corrected chi connectivity index (χ3v) is 2.91. The summed E-state index contributed by atoms with van der Waals surface area (Å²) in [6, 6.07) is 0. The van der Waals surface area contributed by atoms with Crippen LogP contribution in [0.1, 0.15) is 26.7 Å². The Morgan fingerprint density at radius 3 is 2.50 bits per heavy atom. The molecule has 1 amide bonds. The molecule has 0 spiro atoms. The molecule has 14 heavy (non-hydrogen) atoms. The monoisotopic (exact) mass is 197 g/mol. The van der Waals surface area contributed by atoms with E-state index in [1.165, 1.54) is 0 Å². The second-order valence-electron chi connectivity index (χ2n) is 3.90. The molecule has 0 saturated heterocycles. The first kappa shape index (κ1) is 10.9. The molecule has 0 bridgehead atoms. The van der Waals surface area contributed by atoms with Gasteiger partial charge in [-0.1, -0.05) is 13.8 Å². The lowest BCUT2D eigenvalue weighted by atomic mass is 9.72. The summed E-state index contributed by atoms with van der Waals surface area (Å²) in [4.78, 5) is 34.0. The number of amides is 1. The fraction of sp³-hybridized carbons (Fsp3) is 0.700. The van der Waals surface area contributed by atoms with Crippen molar-refractivity contribution in [3.63, 3.8) is 0 Å². The van der Waals surface area contributed by atoms with Crippen molar-refractivity contribution in [1.29, 1.82) is 0 Å². The number of carbonyl (C=O) groups is 3. The van der Waals surface area contributed by atoms with Crippen molar-refractivity contribution in [3.05, 3.63) is 0 Å². The minimum absolute atomic E-state index is 0.0376. The normalized spacial score (nSPS) is 33.1. The number of rotatable bonds is 2. The Hall–Kier alpha value is -1.19. The number of nitrogens with two attached hydrogens (primary N) is 1. The van der Waals surface area contributed by atoms with Gasteiger partial charge in [-0.05, 0) is 12.3 Å². The highest BCUT2D eigenvalue weighted by Crippen LogP contribution is 2.30. The molecular weight excluding hydrogens is 182 g/mol. The van der Waals surface area contributed by atoms with Crippen LogP contribution >= 0.6 is 0 Å². The second-order valence-corrected chi connectivity index (χ2v) is 3.90. The van der Waals surface area contributed by atoms with Crippen LogP contribution in [0.15, 0.2) is 0 Å². The van der Waals surface area contributed by atoms with Crippen LogP contribution < -0.4 is 5.73 Å². The molecule has 1 aliphatic rings. The van der Waals surface area contributed by atoms with E-state index in [2.05, 4.69) is 0 Å².